The van der Waals surface area contributed by atoms with E-state index in [1.807, 2.05) is 19.1 Å². The summed E-state index contributed by atoms with van der Waals surface area (Å²) in [4.78, 5) is 25.7. The average molecular weight is 430 g/mol. The van der Waals surface area contributed by atoms with Crippen molar-refractivity contribution in [1.82, 2.24) is 4.90 Å². The summed E-state index contributed by atoms with van der Waals surface area (Å²) in [7, 11) is 1.54. The highest BCUT2D eigenvalue weighted by Gasteiger charge is 2.31. The van der Waals surface area contributed by atoms with E-state index < -0.39 is 5.97 Å². The SMILES string of the molecule is CCN1C(=O)C(=Cc2cccc(OC)c2OCc2cccc(C(=O)O)c2)SC1=S. The maximum absolute atomic E-state index is 12.5. The van der Waals surface area contributed by atoms with Gasteiger partial charge < -0.3 is 14.6 Å². The summed E-state index contributed by atoms with van der Waals surface area (Å²) < 4.78 is 11.9. The summed E-state index contributed by atoms with van der Waals surface area (Å²) in [6.07, 6.45) is 1.74. The molecule has 0 aliphatic carbocycles. The van der Waals surface area contributed by atoms with E-state index >= 15 is 0 Å². The van der Waals surface area contributed by atoms with Crippen LogP contribution in [0.4, 0.5) is 0 Å². The molecule has 29 heavy (non-hydrogen) atoms. The molecule has 1 fully saturated rings. The monoisotopic (exact) mass is 429 g/mol. The van der Waals surface area contributed by atoms with Crippen LogP contribution in [-0.4, -0.2) is 39.9 Å². The van der Waals surface area contributed by atoms with Crippen LogP contribution in [0.15, 0.2) is 47.4 Å². The zero-order valence-corrected chi connectivity index (χ0v) is 17.5. The second-order valence-corrected chi connectivity index (χ2v) is 7.77. The van der Waals surface area contributed by atoms with Gasteiger partial charge in [0.25, 0.3) is 5.91 Å². The molecule has 1 aliphatic rings. The molecular weight excluding hydrogens is 410 g/mol. The number of rotatable bonds is 7. The summed E-state index contributed by atoms with van der Waals surface area (Å²) >= 11 is 6.51. The third-order valence-corrected chi connectivity index (χ3v) is 5.64. The Morgan fingerprint density at radius 3 is 2.69 bits per heavy atom. The summed E-state index contributed by atoms with van der Waals surface area (Å²) in [6, 6.07) is 11.9. The lowest BCUT2D eigenvalue weighted by Gasteiger charge is -2.14. The molecule has 0 radical (unpaired) electrons. The molecular formula is C21H19NO5S2. The fourth-order valence-corrected chi connectivity index (χ4v) is 4.20. The zero-order valence-electron chi connectivity index (χ0n) is 15.9. The Balaban J connectivity index is 1.90. The first-order chi connectivity index (χ1) is 13.9. The molecule has 150 valence electrons. The number of amides is 1. The zero-order chi connectivity index (χ0) is 21.0. The normalized spacial score (nSPS) is 15.1. The van der Waals surface area contributed by atoms with Crippen LogP contribution in [0.2, 0.25) is 0 Å². The Bertz CT molecular complexity index is 1000. The largest absolute Gasteiger partial charge is 0.493 e. The second-order valence-electron chi connectivity index (χ2n) is 6.10. The van der Waals surface area contributed by atoms with Crippen molar-refractivity contribution in [3.8, 4) is 11.5 Å². The number of carboxylic acids is 1. The van der Waals surface area contributed by atoms with Gasteiger partial charge in [-0.25, -0.2) is 4.79 Å². The lowest BCUT2D eigenvalue weighted by Crippen LogP contribution is -2.27. The summed E-state index contributed by atoms with van der Waals surface area (Å²) in [5, 5.41) is 9.15. The molecule has 0 aromatic heterocycles. The van der Waals surface area contributed by atoms with Crippen LogP contribution in [0.1, 0.15) is 28.4 Å². The summed E-state index contributed by atoms with van der Waals surface area (Å²) in [5.74, 6) is -0.148. The number of carboxylic acid groups (broad SMARTS) is 1. The molecule has 0 atom stereocenters. The van der Waals surface area contributed by atoms with E-state index in [0.717, 1.165) is 0 Å². The van der Waals surface area contributed by atoms with Crippen molar-refractivity contribution in [2.75, 3.05) is 13.7 Å². The van der Waals surface area contributed by atoms with E-state index in [-0.39, 0.29) is 18.1 Å². The molecule has 0 spiro atoms. The van der Waals surface area contributed by atoms with Crippen molar-refractivity contribution >= 4 is 46.3 Å². The smallest absolute Gasteiger partial charge is 0.335 e. The lowest BCUT2D eigenvalue weighted by atomic mass is 10.1. The van der Waals surface area contributed by atoms with E-state index in [2.05, 4.69) is 0 Å². The highest BCUT2D eigenvalue weighted by atomic mass is 32.2. The topological polar surface area (TPSA) is 76.1 Å². The van der Waals surface area contributed by atoms with E-state index in [1.54, 1.807) is 35.2 Å². The Labute approximate surface area is 178 Å². The molecule has 0 saturated carbocycles. The maximum atomic E-state index is 12.5. The van der Waals surface area contributed by atoms with Gasteiger partial charge in [-0.2, -0.15) is 0 Å². The highest BCUT2D eigenvalue weighted by Crippen LogP contribution is 2.37. The average Bonchev–Trinajstić information content (AvgIpc) is 2.99. The summed E-state index contributed by atoms with van der Waals surface area (Å²) in [5.41, 5.74) is 1.57. The minimum absolute atomic E-state index is 0.134. The number of nitrogens with zero attached hydrogens (tertiary/aromatic N) is 1. The van der Waals surface area contributed by atoms with Gasteiger partial charge in [0, 0.05) is 12.1 Å². The molecule has 6 nitrogen and oxygen atoms in total. The minimum atomic E-state index is -0.997. The van der Waals surface area contributed by atoms with Crippen molar-refractivity contribution in [3.05, 3.63) is 64.1 Å². The van der Waals surface area contributed by atoms with Crippen LogP contribution < -0.4 is 9.47 Å². The Hall–Kier alpha value is -2.84. The molecule has 1 N–H and O–H groups in total. The lowest BCUT2D eigenvalue weighted by molar-refractivity contribution is -0.121. The molecule has 2 aromatic rings. The number of methoxy groups -OCH3 is 1. The first-order valence-electron chi connectivity index (χ1n) is 8.82. The van der Waals surface area contributed by atoms with Crippen LogP contribution in [-0.2, 0) is 11.4 Å². The van der Waals surface area contributed by atoms with Crippen molar-refractivity contribution in [3.63, 3.8) is 0 Å². The molecule has 1 heterocycles. The minimum Gasteiger partial charge on any atom is -0.493 e. The Morgan fingerprint density at radius 1 is 1.28 bits per heavy atom. The predicted molar refractivity (Wildman–Crippen MR) is 116 cm³/mol. The highest BCUT2D eigenvalue weighted by molar-refractivity contribution is 8.26. The van der Waals surface area contributed by atoms with E-state index in [4.69, 9.17) is 26.8 Å². The quantitative estimate of drug-likeness (QED) is 0.522. The van der Waals surface area contributed by atoms with Crippen molar-refractivity contribution in [2.45, 2.75) is 13.5 Å². The Morgan fingerprint density at radius 2 is 2.03 bits per heavy atom. The summed E-state index contributed by atoms with van der Waals surface area (Å²) in [6.45, 7) is 2.54. The number of likely N-dealkylation sites (N-methyl/N-ethyl adjacent to an activating group) is 1. The van der Waals surface area contributed by atoms with Gasteiger partial charge in [-0.05, 0) is 36.8 Å². The number of benzene rings is 2. The molecule has 1 aliphatic heterocycles. The van der Waals surface area contributed by atoms with Crippen molar-refractivity contribution in [2.24, 2.45) is 0 Å². The molecule has 0 unspecified atom stereocenters. The number of thiocarbonyl (C=S) groups is 1. The molecule has 0 bridgehead atoms. The number of hydrogen-bond donors (Lipinski definition) is 1. The molecule has 1 amide bonds. The van der Waals surface area contributed by atoms with Gasteiger partial charge in [-0.1, -0.05) is 48.2 Å². The van der Waals surface area contributed by atoms with E-state index in [9.17, 15) is 9.59 Å². The molecule has 8 heteroatoms. The second kappa shape index (κ2) is 9.11. The van der Waals surface area contributed by atoms with Gasteiger partial charge in [0.2, 0.25) is 0 Å². The number of aromatic carboxylic acids is 1. The van der Waals surface area contributed by atoms with Crippen LogP contribution in [0.25, 0.3) is 6.08 Å². The number of hydrogen-bond acceptors (Lipinski definition) is 6. The predicted octanol–water partition coefficient (Wildman–Crippen LogP) is 4.19. The third-order valence-electron chi connectivity index (χ3n) is 4.26. The van der Waals surface area contributed by atoms with Crippen molar-refractivity contribution < 1.29 is 24.2 Å². The van der Waals surface area contributed by atoms with Gasteiger partial charge in [0.05, 0.1) is 17.6 Å². The first-order valence-corrected chi connectivity index (χ1v) is 10.0. The van der Waals surface area contributed by atoms with Gasteiger partial charge >= 0.3 is 5.97 Å². The number of para-hydroxylation sites is 1. The molecule has 1 saturated heterocycles. The van der Waals surface area contributed by atoms with Crippen molar-refractivity contribution in [1.29, 1.82) is 0 Å². The standard InChI is InChI=1S/C21H19NO5S2/c1-3-22-19(23)17(29-21(22)28)11-14-7-5-9-16(26-2)18(14)27-12-13-6-4-8-15(10-13)20(24)25/h4-11H,3,12H2,1-2H3,(H,24,25). The first kappa shape index (κ1) is 20.9. The number of thioether (sulfide) groups is 1. The van der Waals surface area contributed by atoms with Gasteiger partial charge in [0.1, 0.15) is 10.9 Å². The number of ether oxygens (including phenoxy) is 2. The Kier molecular flexibility index (Phi) is 6.56. The van der Waals surface area contributed by atoms with Crippen LogP contribution in [0.5, 0.6) is 11.5 Å². The van der Waals surface area contributed by atoms with E-state index in [1.165, 1.54) is 24.9 Å². The number of carbonyl (C=O) groups is 2. The van der Waals surface area contributed by atoms with Crippen LogP contribution in [0.3, 0.4) is 0 Å². The van der Waals surface area contributed by atoms with Crippen LogP contribution >= 0.6 is 24.0 Å². The fraction of sp³-hybridized carbons (Fsp3) is 0.190. The molecule has 2 aromatic carbocycles. The third kappa shape index (κ3) is 4.60. The maximum Gasteiger partial charge on any atom is 0.335 e. The van der Waals surface area contributed by atoms with Gasteiger partial charge in [-0.15, -0.1) is 0 Å². The van der Waals surface area contributed by atoms with Gasteiger partial charge in [-0.3, -0.25) is 9.69 Å². The number of carbonyl (C=O) groups excluding carboxylic acids is 1. The van der Waals surface area contributed by atoms with Crippen LogP contribution in [0, 0.1) is 0 Å². The van der Waals surface area contributed by atoms with E-state index in [0.29, 0.717) is 38.4 Å². The fourth-order valence-electron chi connectivity index (χ4n) is 2.83. The van der Waals surface area contributed by atoms with Gasteiger partial charge in [0.15, 0.2) is 11.5 Å². The molecule has 3 rings (SSSR count).